The molecule has 0 aliphatic heterocycles. The van der Waals surface area contributed by atoms with Gasteiger partial charge in [-0.25, -0.2) is 0 Å². The molecule has 0 aromatic carbocycles. The minimum absolute atomic E-state index is 0.993. The van der Waals surface area contributed by atoms with Crippen LogP contribution in [0.4, 0.5) is 0 Å². The first kappa shape index (κ1) is 17.1. The van der Waals surface area contributed by atoms with Crippen LogP contribution in [-0.4, -0.2) is 0 Å². The van der Waals surface area contributed by atoms with Gasteiger partial charge < -0.3 is 0 Å². The van der Waals surface area contributed by atoms with Crippen LogP contribution in [0, 0.1) is 17.8 Å². The van der Waals surface area contributed by atoms with E-state index in [1.54, 1.807) is 6.42 Å². The third-order valence-electron chi connectivity index (χ3n) is 5.00. The van der Waals surface area contributed by atoms with Gasteiger partial charge in [-0.3, -0.25) is 0 Å². The number of unbranched alkanes of at least 4 members (excludes halogenated alkanes) is 7. The lowest BCUT2D eigenvalue weighted by Crippen LogP contribution is -1.97. The molecule has 0 amide bonds. The van der Waals surface area contributed by atoms with Crippen molar-refractivity contribution in [2.24, 2.45) is 17.8 Å². The summed E-state index contributed by atoms with van der Waals surface area (Å²) in [7, 11) is 0. The van der Waals surface area contributed by atoms with Crippen molar-refractivity contribution in [1.82, 2.24) is 0 Å². The number of hydrogen-bond acceptors (Lipinski definition) is 0. The Kier molecular flexibility index (Phi) is 9.65. The smallest absolute Gasteiger partial charge is 0.0380 e. The third kappa shape index (κ3) is 8.71. The lowest BCUT2D eigenvalue weighted by Gasteiger charge is -2.11. The van der Waals surface area contributed by atoms with E-state index in [0.717, 1.165) is 17.8 Å². The summed E-state index contributed by atoms with van der Waals surface area (Å²) in [5, 5.41) is 0. The van der Waals surface area contributed by atoms with Gasteiger partial charge in [-0.05, 0) is 30.6 Å². The molecule has 1 saturated carbocycles. The zero-order valence-electron chi connectivity index (χ0n) is 13.9. The van der Waals surface area contributed by atoms with Gasteiger partial charge in [-0.1, -0.05) is 91.4 Å². The van der Waals surface area contributed by atoms with Crippen LogP contribution < -0.4 is 0 Å². The number of rotatable bonds is 13. The molecular formula is C19H38. The van der Waals surface area contributed by atoms with Crippen molar-refractivity contribution in [2.75, 3.05) is 0 Å². The van der Waals surface area contributed by atoms with Crippen molar-refractivity contribution < 1.29 is 0 Å². The minimum Gasteiger partial charge on any atom is -0.0654 e. The van der Waals surface area contributed by atoms with Gasteiger partial charge >= 0.3 is 0 Å². The Labute approximate surface area is 122 Å². The van der Waals surface area contributed by atoms with E-state index in [1.165, 1.54) is 77.0 Å². The fourth-order valence-electron chi connectivity index (χ4n) is 3.52. The Balaban J connectivity index is 1.87. The first-order chi connectivity index (χ1) is 9.27. The molecule has 0 N–H and O–H groups in total. The maximum atomic E-state index is 2.49. The van der Waals surface area contributed by atoms with Crippen LogP contribution >= 0.6 is 0 Å². The van der Waals surface area contributed by atoms with Gasteiger partial charge in [0.25, 0.3) is 0 Å². The van der Waals surface area contributed by atoms with Crippen LogP contribution in [0.15, 0.2) is 0 Å². The van der Waals surface area contributed by atoms with Crippen molar-refractivity contribution in [1.29, 1.82) is 0 Å². The van der Waals surface area contributed by atoms with E-state index in [2.05, 4.69) is 20.8 Å². The van der Waals surface area contributed by atoms with Gasteiger partial charge in [0.05, 0.1) is 0 Å². The molecule has 1 rings (SSSR count). The zero-order valence-corrected chi connectivity index (χ0v) is 13.9. The zero-order chi connectivity index (χ0) is 13.9. The summed E-state index contributed by atoms with van der Waals surface area (Å²) in [6.07, 6.45) is 19.2. The van der Waals surface area contributed by atoms with E-state index in [-0.39, 0.29) is 0 Å². The quantitative estimate of drug-likeness (QED) is 0.315. The predicted molar refractivity (Wildman–Crippen MR) is 87.5 cm³/mol. The predicted octanol–water partition coefficient (Wildman–Crippen LogP) is 6.98. The second-order valence-electron chi connectivity index (χ2n) is 7.15. The van der Waals surface area contributed by atoms with Crippen molar-refractivity contribution in [3.63, 3.8) is 0 Å². The van der Waals surface area contributed by atoms with Crippen molar-refractivity contribution in [3.05, 3.63) is 0 Å². The molecule has 1 aliphatic rings. The van der Waals surface area contributed by atoms with Crippen LogP contribution in [0.3, 0.4) is 0 Å². The van der Waals surface area contributed by atoms with Gasteiger partial charge in [-0.2, -0.15) is 0 Å². The lowest BCUT2D eigenvalue weighted by atomic mass is 9.95. The molecule has 0 aromatic rings. The SMILES string of the molecule is CCCCCCCCC(C)CC1CC1CCCCC. The van der Waals surface area contributed by atoms with Gasteiger partial charge in [-0.15, -0.1) is 0 Å². The summed E-state index contributed by atoms with van der Waals surface area (Å²) in [5.74, 6) is 3.23. The van der Waals surface area contributed by atoms with Gasteiger partial charge in [0.2, 0.25) is 0 Å². The maximum absolute atomic E-state index is 2.49. The summed E-state index contributed by atoms with van der Waals surface area (Å²) in [5.41, 5.74) is 0. The number of hydrogen-bond donors (Lipinski definition) is 0. The van der Waals surface area contributed by atoms with Crippen molar-refractivity contribution >= 4 is 0 Å². The van der Waals surface area contributed by atoms with E-state index in [1.807, 2.05) is 0 Å². The molecule has 1 aliphatic carbocycles. The molecule has 0 radical (unpaired) electrons. The average Bonchev–Trinajstić information content (AvgIpc) is 3.12. The molecule has 114 valence electrons. The van der Waals surface area contributed by atoms with Crippen LogP contribution in [0.2, 0.25) is 0 Å². The van der Waals surface area contributed by atoms with Crippen LogP contribution in [0.5, 0.6) is 0 Å². The molecule has 0 saturated heterocycles. The normalized spacial score (nSPS) is 23.5. The average molecular weight is 267 g/mol. The highest BCUT2D eigenvalue weighted by atomic mass is 14.4. The van der Waals surface area contributed by atoms with E-state index >= 15 is 0 Å². The molecular weight excluding hydrogens is 228 g/mol. The lowest BCUT2D eigenvalue weighted by molar-refractivity contribution is 0.417. The van der Waals surface area contributed by atoms with Crippen molar-refractivity contribution in [3.8, 4) is 0 Å². The second-order valence-corrected chi connectivity index (χ2v) is 7.15. The van der Waals surface area contributed by atoms with Gasteiger partial charge in [0, 0.05) is 0 Å². The summed E-state index contributed by atoms with van der Waals surface area (Å²) >= 11 is 0. The van der Waals surface area contributed by atoms with Crippen LogP contribution in [0.25, 0.3) is 0 Å². The van der Waals surface area contributed by atoms with Crippen LogP contribution in [0.1, 0.15) is 104 Å². The first-order valence-corrected chi connectivity index (χ1v) is 9.27. The van der Waals surface area contributed by atoms with E-state index in [9.17, 15) is 0 Å². The molecule has 0 aromatic heterocycles. The fraction of sp³-hybridized carbons (Fsp3) is 1.00. The fourth-order valence-corrected chi connectivity index (χ4v) is 3.52. The molecule has 0 bridgehead atoms. The molecule has 0 spiro atoms. The molecule has 3 unspecified atom stereocenters. The molecule has 1 fully saturated rings. The van der Waals surface area contributed by atoms with Crippen molar-refractivity contribution in [2.45, 2.75) is 104 Å². The standard InChI is InChI=1S/C19H38/c1-4-6-8-9-10-12-13-17(3)15-19-16-18(19)14-11-7-5-2/h17-19H,4-16H2,1-3H3. The van der Waals surface area contributed by atoms with Gasteiger partial charge in [0.15, 0.2) is 0 Å². The first-order valence-electron chi connectivity index (χ1n) is 9.27. The Morgan fingerprint density at radius 1 is 0.789 bits per heavy atom. The summed E-state index contributed by atoms with van der Waals surface area (Å²) in [4.78, 5) is 0. The Morgan fingerprint density at radius 2 is 1.42 bits per heavy atom. The summed E-state index contributed by atoms with van der Waals surface area (Å²) < 4.78 is 0. The summed E-state index contributed by atoms with van der Waals surface area (Å²) in [6.45, 7) is 7.11. The maximum Gasteiger partial charge on any atom is -0.0380 e. The monoisotopic (exact) mass is 266 g/mol. The molecule has 0 heteroatoms. The highest BCUT2D eigenvalue weighted by molar-refractivity contribution is 4.86. The largest absolute Gasteiger partial charge is 0.0654 e. The van der Waals surface area contributed by atoms with E-state index in [0.29, 0.717) is 0 Å². The Hall–Kier alpha value is 0. The van der Waals surface area contributed by atoms with E-state index in [4.69, 9.17) is 0 Å². The molecule has 0 nitrogen and oxygen atoms in total. The molecule has 3 atom stereocenters. The third-order valence-corrected chi connectivity index (χ3v) is 5.00. The highest BCUT2D eigenvalue weighted by Crippen LogP contribution is 2.46. The molecule has 19 heavy (non-hydrogen) atoms. The van der Waals surface area contributed by atoms with Crippen LogP contribution in [-0.2, 0) is 0 Å². The van der Waals surface area contributed by atoms with Gasteiger partial charge in [0.1, 0.15) is 0 Å². The summed E-state index contributed by atoms with van der Waals surface area (Å²) in [6, 6.07) is 0. The Morgan fingerprint density at radius 3 is 2.16 bits per heavy atom. The topological polar surface area (TPSA) is 0 Å². The minimum atomic E-state index is 0.993. The van der Waals surface area contributed by atoms with E-state index < -0.39 is 0 Å². The molecule has 0 heterocycles. The second kappa shape index (κ2) is 10.7. The Bertz CT molecular complexity index is 196. The highest BCUT2D eigenvalue weighted by Gasteiger charge is 2.36.